The number of hydrogen-bond acceptors (Lipinski definition) is 5. The van der Waals surface area contributed by atoms with E-state index in [-0.39, 0.29) is 5.82 Å². The molecule has 0 saturated carbocycles. The van der Waals surface area contributed by atoms with Gasteiger partial charge in [-0.05, 0) is 7.05 Å². The Labute approximate surface area is 94.3 Å². The first kappa shape index (κ1) is 11.1. The van der Waals surface area contributed by atoms with Crippen molar-refractivity contribution in [2.24, 2.45) is 0 Å². The molecule has 1 N–H and O–H groups in total. The van der Waals surface area contributed by atoms with Crippen LogP contribution in [-0.2, 0) is 0 Å². The third-order valence-corrected chi connectivity index (χ3v) is 2.75. The van der Waals surface area contributed by atoms with Gasteiger partial charge in [0.05, 0.1) is 6.20 Å². The standard InChI is InChI=1S/C10H16FN5/c1-12-9-8(11)7-13-10(14-9)16-5-3-15(2)4-6-16/h7H,3-6H2,1-2H3,(H,12,13,14). The van der Waals surface area contributed by atoms with Gasteiger partial charge in [0.15, 0.2) is 11.6 Å². The smallest absolute Gasteiger partial charge is 0.227 e. The highest BCUT2D eigenvalue weighted by atomic mass is 19.1. The van der Waals surface area contributed by atoms with Crippen LogP contribution < -0.4 is 10.2 Å². The van der Waals surface area contributed by atoms with Crippen LogP contribution in [0.5, 0.6) is 0 Å². The Morgan fingerprint density at radius 1 is 1.31 bits per heavy atom. The van der Waals surface area contributed by atoms with Crippen LogP contribution in [0.25, 0.3) is 0 Å². The maximum absolute atomic E-state index is 13.2. The number of anilines is 2. The topological polar surface area (TPSA) is 44.3 Å². The van der Waals surface area contributed by atoms with Crippen LogP contribution in [-0.4, -0.2) is 55.1 Å². The highest BCUT2D eigenvalue weighted by molar-refractivity contribution is 5.42. The molecule has 2 rings (SSSR count). The van der Waals surface area contributed by atoms with E-state index in [1.54, 1.807) is 7.05 Å². The van der Waals surface area contributed by atoms with Gasteiger partial charge in [0.2, 0.25) is 5.95 Å². The highest BCUT2D eigenvalue weighted by Crippen LogP contribution is 2.15. The van der Waals surface area contributed by atoms with Crippen molar-refractivity contribution in [3.8, 4) is 0 Å². The third-order valence-electron chi connectivity index (χ3n) is 2.75. The number of halogens is 1. The lowest BCUT2D eigenvalue weighted by atomic mass is 10.3. The fourth-order valence-corrected chi connectivity index (χ4v) is 1.69. The SMILES string of the molecule is CNc1nc(N2CCN(C)CC2)ncc1F. The van der Waals surface area contributed by atoms with Gasteiger partial charge < -0.3 is 15.1 Å². The Hall–Kier alpha value is -1.43. The highest BCUT2D eigenvalue weighted by Gasteiger charge is 2.17. The molecule has 0 spiro atoms. The lowest BCUT2D eigenvalue weighted by Crippen LogP contribution is -2.45. The lowest BCUT2D eigenvalue weighted by Gasteiger charge is -2.32. The minimum absolute atomic E-state index is 0.254. The van der Waals surface area contributed by atoms with Gasteiger partial charge in [0.25, 0.3) is 0 Å². The van der Waals surface area contributed by atoms with E-state index >= 15 is 0 Å². The maximum Gasteiger partial charge on any atom is 0.227 e. The maximum atomic E-state index is 13.2. The molecule has 6 heteroatoms. The molecule has 16 heavy (non-hydrogen) atoms. The molecule has 1 fully saturated rings. The molecular formula is C10H16FN5. The van der Waals surface area contributed by atoms with E-state index < -0.39 is 5.82 Å². The van der Waals surface area contributed by atoms with Crippen molar-refractivity contribution in [2.75, 3.05) is 50.5 Å². The Kier molecular flexibility index (Phi) is 3.19. The first-order chi connectivity index (χ1) is 7.70. The molecule has 88 valence electrons. The molecule has 2 heterocycles. The molecule has 1 aromatic rings. The van der Waals surface area contributed by atoms with Crippen LogP contribution in [0.4, 0.5) is 16.2 Å². The van der Waals surface area contributed by atoms with Crippen LogP contribution in [0, 0.1) is 5.82 Å². The van der Waals surface area contributed by atoms with Gasteiger partial charge in [-0.2, -0.15) is 4.98 Å². The predicted octanol–water partition coefficient (Wildman–Crippen LogP) is 0.409. The van der Waals surface area contributed by atoms with E-state index in [1.807, 2.05) is 0 Å². The second-order valence-electron chi connectivity index (χ2n) is 3.91. The summed E-state index contributed by atoms with van der Waals surface area (Å²) >= 11 is 0. The molecule has 0 bridgehead atoms. The zero-order valence-electron chi connectivity index (χ0n) is 9.57. The normalized spacial score (nSPS) is 17.6. The van der Waals surface area contributed by atoms with Crippen LogP contribution in [0.3, 0.4) is 0 Å². The number of rotatable bonds is 2. The van der Waals surface area contributed by atoms with Crippen molar-refractivity contribution in [1.82, 2.24) is 14.9 Å². The minimum atomic E-state index is -0.416. The molecule has 0 aliphatic carbocycles. The fraction of sp³-hybridized carbons (Fsp3) is 0.600. The zero-order valence-corrected chi connectivity index (χ0v) is 9.57. The van der Waals surface area contributed by atoms with Crippen molar-refractivity contribution < 1.29 is 4.39 Å². The van der Waals surface area contributed by atoms with Crippen LogP contribution in [0.15, 0.2) is 6.20 Å². The monoisotopic (exact) mass is 225 g/mol. The van der Waals surface area contributed by atoms with E-state index in [9.17, 15) is 4.39 Å². The molecule has 1 aromatic heterocycles. The van der Waals surface area contributed by atoms with Crippen molar-refractivity contribution in [3.63, 3.8) is 0 Å². The largest absolute Gasteiger partial charge is 0.371 e. The summed E-state index contributed by atoms with van der Waals surface area (Å²) in [7, 11) is 3.74. The molecule has 1 aliphatic heterocycles. The van der Waals surface area contributed by atoms with Gasteiger partial charge in [-0.3, -0.25) is 0 Å². The van der Waals surface area contributed by atoms with Gasteiger partial charge in [-0.1, -0.05) is 0 Å². The van der Waals surface area contributed by atoms with Crippen molar-refractivity contribution in [3.05, 3.63) is 12.0 Å². The number of nitrogens with one attached hydrogen (secondary N) is 1. The third kappa shape index (κ3) is 2.21. The second-order valence-corrected chi connectivity index (χ2v) is 3.91. The van der Waals surface area contributed by atoms with E-state index in [1.165, 1.54) is 6.20 Å². The molecule has 0 atom stereocenters. The molecular weight excluding hydrogens is 209 g/mol. The van der Waals surface area contributed by atoms with Gasteiger partial charge >= 0.3 is 0 Å². The fourth-order valence-electron chi connectivity index (χ4n) is 1.69. The van der Waals surface area contributed by atoms with Crippen LogP contribution in [0.1, 0.15) is 0 Å². The first-order valence-electron chi connectivity index (χ1n) is 5.34. The van der Waals surface area contributed by atoms with Crippen molar-refractivity contribution in [2.45, 2.75) is 0 Å². The first-order valence-corrected chi connectivity index (χ1v) is 5.34. The molecule has 1 aliphatic rings. The number of hydrogen-bond donors (Lipinski definition) is 1. The van der Waals surface area contributed by atoms with Crippen molar-refractivity contribution >= 4 is 11.8 Å². The Morgan fingerprint density at radius 2 is 2.00 bits per heavy atom. The van der Waals surface area contributed by atoms with E-state index in [0.717, 1.165) is 26.2 Å². The summed E-state index contributed by atoms with van der Waals surface area (Å²) in [5, 5.41) is 2.72. The molecule has 1 saturated heterocycles. The van der Waals surface area contributed by atoms with Gasteiger partial charge in [0.1, 0.15) is 0 Å². The van der Waals surface area contributed by atoms with Gasteiger partial charge in [0, 0.05) is 33.2 Å². The summed E-state index contributed by atoms with van der Waals surface area (Å²) in [5.41, 5.74) is 0. The van der Waals surface area contributed by atoms with Gasteiger partial charge in [-0.15, -0.1) is 0 Å². The zero-order chi connectivity index (χ0) is 11.5. The Morgan fingerprint density at radius 3 is 2.62 bits per heavy atom. The summed E-state index contributed by atoms with van der Waals surface area (Å²) < 4.78 is 13.2. The quantitative estimate of drug-likeness (QED) is 0.789. The van der Waals surface area contributed by atoms with Gasteiger partial charge in [-0.25, -0.2) is 9.37 Å². The molecule has 0 unspecified atom stereocenters. The van der Waals surface area contributed by atoms with Crippen LogP contribution >= 0.6 is 0 Å². The van der Waals surface area contributed by atoms with Crippen molar-refractivity contribution in [1.29, 1.82) is 0 Å². The average Bonchev–Trinajstić information content (AvgIpc) is 2.31. The summed E-state index contributed by atoms with van der Waals surface area (Å²) in [6, 6.07) is 0. The number of likely N-dealkylation sites (N-methyl/N-ethyl adjacent to an activating group) is 1. The predicted molar refractivity (Wildman–Crippen MR) is 61.2 cm³/mol. The van der Waals surface area contributed by atoms with E-state index in [4.69, 9.17) is 0 Å². The van der Waals surface area contributed by atoms with E-state index in [2.05, 4.69) is 32.1 Å². The summed E-state index contributed by atoms with van der Waals surface area (Å²) in [6.07, 6.45) is 1.21. The molecule has 5 nitrogen and oxygen atoms in total. The minimum Gasteiger partial charge on any atom is -0.371 e. The molecule has 0 radical (unpaired) electrons. The van der Waals surface area contributed by atoms with E-state index in [0.29, 0.717) is 5.95 Å². The number of piperazine rings is 1. The Balaban J connectivity index is 2.14. The number of nitrogens with zero attached hydrogens (tertiary/aromatic N) is 4. The summed E-state index contributed by atoms with van der Waals surface area (Å²) in [6.45, 7) is 3.72. The van der Waals surface area contributed by atoms with Crippen LogP contribution in [0.2, 0.25) is 0 Å². The lowest BCUT2D eigenvalue weighted by molar-refractivity contribution is 0.311. The Bertz CT molecular complexity index is 362. The second kappa shape index (κ2) is 4.61. The summed E-state index contributed by atoms with van der Waals surface area (Å²) in [4.78, 5) is 12.5. The molecule has 0 aromatic carbocycles. The number of aromatic nitrogens is 2. The average molecular weight is 225 g/mol. The molecule has 0 amide bonds. The summed E-state index contributed by atoms with van der Waals surface area (Å²) in [5.74, 6) is 0.433.